The van der Waals surface area contributed by atoms with Crippen LogP contribution in [0.3, 0.4) is 0 Å². The van der Waals surface area contributed by atoms with E-state index in [4.69, 9.17) is 4.74 Å². The monoisotopic (exact) mass is 396 g/mol. The number of hydrogen-bond acceptors (Lipinski definition) is 5. The number of aryl methyl sites for hydroxylation is 1. The fourth-order valence-electron chi connectivity index (χ4n) is 3.07. The minimum Gasteiger partial charge on any atom is -0.454 e. The van der Waals surface area contributed by atoms with Crippen molar-refractivity contribution in [2.24, 2.45) is 0 Å². The molecule has 2 heterocycles. The minimum atomic E-state index is -0.494. The van der Waals surface area contributed by atoms with Crippen LogP contribution in [-0.2, 0) is 11.3 Å². The van der Waals surface area contributed by atoms with E-state index in [0.717, 1.165) is 23.6 Å². The van der Waals surface area contributed by atoms with Crippen LogP contribution in [0.5, 0.6) is 0 Å². The van der Waals surface area contributed by atoms with Gasteiger partial charge in [0, 0.05) is 41.6 Å². The largest absolute Gasteiger partial charge is 0.454 e. The van der Waals surface area contributed by atoms with Gasteiger partial charge >= 0.3 is 5.97 Å². The van der Waals surface area contributed by atoms with Crippen molar-refractivity contribution < 1.29 is 14.3 Å². The van der Waals surface area contributed by atoms with Crippen LogP contribution < -0.4 is 4.90 Å². The van der Waals surface area contributed by atoms with Crippen molar-refractivity contribution in [3.63, 3.8) is 0 Å². The quantitative estimate of drug-likeness (QED) is 0.441. The first kappa shape index (κ1) is 19.9. The second kappa shape index (κ2) is 8.44. The summed E-state index contributed by atoms with van der Waals surface area (Å²) in [6.45, 7) is 4.38. The highest BCUT2D eigenvalue weighted by Crippen LogP contribution is 2.20. The number of nitrogens with zero attached hydrogens (tertiary/aromatic N) is 2. The Morgan fingerprint density at radius 1 is 1.11 bits per heavy atom. The van der Waals surface area contributed by atoms with E-state index in [0.29, 0.717) is 11.1 Å². The van der Waals surface area contributed by atoms with Crippen LogP contribution in [0.25, 0.3) is 0 Å². The highest BCUT2D eigenvalue weighted by Gasteiger charge is 2.18. The molecular formula is C22H24N2O3S. The summed E-state index contributed by atoms with van der Waals surface area (Å²) in [4.78, 5) is 28.0. The van der Waals surface area contributed by atoms with Gasteiger partial charge in [0.15, 0.2) is 6.61 Å². The smallest absolute Gasteiger partial charge is 0.338 e. The van der Waals surface area contributed by atoms with Crippen molar-refractivity contribution in [3.8, 4) is 0 Å². The zero-order valence-corrected chi connectivity index (χ0v) is 17.4. The van der Waals surface area contributed by atoms with Crippen LogP contribution in [0.15, 0.2) is 47.8 Å². The molecule has 0 aliphatic heterocycles. The number of benzene rings is 1. The predicted molar refractivity (Wildman–Crippen MR) is 113 cm³/mol. The lowest BCUT2D eigenvalue weighted by atomic mass is 10.1. The fraction of sp³-hybridized carbons (Fsp3) is 0.273. The van der Waals surface area contributed by atoms with E-state index in [1.807, 2.05) is 62.5 Å². The third-order valence-electron chi connectivity index (χ3n) is 4.72. The highest BCUT2D eigenvalue weighted by molar-refractivity contribution is 7.09. The summed E-state index contributed by atoms with van der Waals surface area (Å²) in [6, 6.07) is 13.1. The van der Waals surface area contributed by atoms with Crippen LogP contribution in [0.4, 0.5) is 5.69 Å². The molecular weight excluding hydrogens is 372 g/mol. The lowest BCUT2D eigenvalue weighted by Crippen LogP contribution is -2.15. The standard InChI is InChI=1S/C22H24N2O3S/c1-15-12-20(16(2)24(15)13-19-6-5-11-28-19)21(25)14-27-22(26)17-7-9-18(10-8-17)23(3)4/h5-12H,13-14H2,1-4H3. The Bertz CT molecular complexity index is 970. The van der Waals surface area contributed by atoms with Gasteiger partial charge in [-0.25, -0.2) is 4.79 Å². The van der Waals surface area contributed by atoms with Crippen molar-refractivity contribution in [1.82, 2.24) is 4.57 Å². The molecule has 0 aliphatic carbocycles. The van der Waals surface area contributed by atoms with Crippen LogP contribution in [-0.4, -0.2) is 37.0 Å². The predicted octanol–water partition coefficient (Wildman–Crippen LogP) is 4.32. The molecule has 0 spiro atoms. The van der Waals surface area contributed by atoms with Crippen LogP contribution in [0.2, 0.25) is 0 Å². The number of thiophene rings is 1. The molecule has 0 N–H and O–H groups in total. The number of esters is 1. The molecule has 3 rings (SSSR count). The van der Waals surface area contributed by atoms with E-state index in [9.17, 15) is 9.59 Å². The number of carbonyl (C=O) groups excluding carboxylic acids is 2. The first-order valence-corrected chi connectivity index (χ1v) is 9.91. The third kappa shape index (κ3) is 4.34. The molecule has 0 amide bonds. The first-order chi connectivity index (χ1) is 13.4. The number of aromatic nitrogens is 1. The van der Waals surface area contributed by atoms with Gasteiger partial charge in [-0.2, -0.15) is 0 Å². The van der Waals surface area contributed by atoms with Crippen LogP contribution in [0, 0.1) is 13.8 Å². The molecule has 146 valence electrons. The summed E-state index contributed by atoms with van der Waals surface area (Å²) in [5.74, 6) is -0.685. The third-order valence-corrected chi connectivity index (χ3v) is 5.58. The Morgan fingerprint density at radius 2 is 1.82 bits per heavy atom. The molecule has 0 unspecified atom stereocenters. The number of carbonyl (C=O) groups is 2. The second-order valence-electron chi connectivity index (χ2n) is 6.89. The average Bonchev–Trinajstić information content (AvgIpc) is 3.29. The fourth-order valence-corrected chi connectivity index (χ4v) is 3.77. The van der Waals surface area contributed by atoms with Crippen LogP contribution >= 0.6 is 11.3 Å². The number of ketones is 1. The van der Waals surface area contributed by atoms with Gasteiger partial charge in [-0.05, 0) is 55.6 Å². The van der Waals surface area contributed by atoms with Gasteiger partial charge in [0.25, 0.3) is 0 Å². The highest BCUT2D eigenvalue weighted by atomic mass is 32.1. The van der Waals surface area contributed by atoms with Crippen molar-refractivity contribution in [3.05, 3.63) is 75.2 Å². The van der Waals surface area contributed by atoms with Crippen molar-refractivity contribution in [2.45, 2.75) is 20.4 Å². The zero-order chi connectivity index (χ0) is 20.3. The molecule has 0 fully saturated rings. The maximum absolute atomic E-state index is 12.6. The summed E-state index contributed by atoms with van der Waals surface area (Å²) in [5.41, 5.74) is 3.93. The number of rotatable bonds is 7. The van der Waals surface area contributed by atoms with E-state index in [1.54, 1.807) is 23.5 Å². The Labute approximate surface area is 169 Å². The van der Waals surface area contributed by atoms with E-state index >= 15 is 0 Å². The second-order valence-corrected chi connectivity index (χ2v) is 7.92. The topological polar surface area (TPSA) is 51.5 Å². The summed E-state index contributed by atoms with van der Waals surface area (Å²) in [5, 5.41) is 2.04. The van der Waals surface area contributed by atoms with E-state index in [-0.39, 0.29) is 12.4 Å². The molecule has 0 saturated carbocycles. The normalized spacial score (nSPS) is 10.7. The lowest BCUT2D eigenvalue weighted by Gasteiger charge is -2.12. The van der Waals surface area contributed by atoms with Crippen molar-refractivity contribution in [1.29, 1.82) is 0 Å². The van der Waals surface area contributed by atoms with Gasteiger partial charge in [-0.3, -0.25) is 4.79 Å². The summed E-state index contributed by atoms with van der Waals surface area (Å²) >= 11 is 1.69. The molecule has 28 heavy (non-hydrogen) atoms. The maximum Gasteiger partial charge on any atom is 0.338 e. The van der Waals surface area contributed by atoms with Gasteiger partial charge in [0.1, 0.15) is 0 Å². The van der Waals surface area contributed by atoms with Crippen molar-refractivity contribution in [2.75, 3.05) is 25.6 Å². The zero-order valence-electron chi connectivity index (χ0n) is 16.6. The first-order valence-electron chi connectivity index (χ1n) is 9.03. The average molecular weight is 397 g/mol. The number of Topliss-reactive ketones (excluding diaryl/α,β-unsaturated/α-hetero) is 1. The Morgan fingerprint density at radius 3 is 2.43 bits per heavy atom. The number of ether oxygens (including phenoxy) is 1. The SMILES string of the molecule is Cc1cc(C(=O)COC(=O)c2ccc(N(C)C)cc2)c(C)n1Cc1cccs1. The molecule has 0 atom stereocenters. The Hall–Kier alpha value is -2.86. The minimum absolute atomic E-state index is 0.191. The van der Waals surface area contributed by atoms with E-state index in [2.05, 4.69) is 10.6 Å². The van der Waals surface area contributed by atoms with Crippen LogP contribution in [0.1, 0.15) is 37.0 Å². The van der Waals surface area contributed by atoms with Gasteiger partial charge in [-0.1, -0.05) is 6.07 Å². The molecule has 5 nitrogen and oxygen atoms in total. The summed E-state index contributed by atoms with van der Waals surface area (Å²) < 4.78 is 7.36. The number of anilines is 1. The Balaban J connectivity index is 1.65. The summed E-state index contributed by atoms with van der Waals surface area (Å²) in [6.07, 6.45) is 0. The maximum atomic E-state index is 12.6. The van der Waals surface area contributed by atoms with Gasteiger partial charge < -0.3 is 14.2 Å². The number of hydrogen-bond donors (Lipinski definition) is 0. The molecule has 0 aliphatic rings. The molecule has 2 aromatic heterocycles. The molecule has 0 bridgehead atoms. The summed E-state index contributed by atoms with van der Waals surface area (Å²) in [7, 11) is 3.86. The lowest BCUT2D eigenvalue weighted by molar-refractivity contribution is 0.0474. The van der Waals surface area contributed by atoms with Gasteiger partial charge in [-0.15, -0.1) is 11.3 Å². The van der Waals surface area contributed by atoms with Crippen molar-refractivity contribution >= 4 is 28.8 Å². The molecule has 1 aromatic carbocycles. The van der Waals surface area contributed by atoms with E-state index in [1.165, 1.54) is 4.88 Å². The Kier molecular flexibility index (Phi) is 5.99. The molecule has 3 aromatic rings. The molecule has 0 radical (unpaired) electrons. The molecule has 6 heteroatoms. The molecule has 0 saturated heterocycles. The van der Waals surface area contributed by atoms with Gasteiger partial charge in [0.2, 0.25) is 5.78 Å². The van der Waals surface area contributed by atoms with Gasteiger partial charge in [0.05, 0.1) is 12.1 Å². The van der Waals surface area contributed by atoms with E-state index < -0.39 is 5.97 Å².